The Bertz CT molecular complexity index is 592. The molecule has 0 aromatic heterocycles. The van der Waals surface area contributed by atoms with E-state index in [-0.39, 0.29) is 16.9 Å². The summed E-state index contributed by atoms with van der Waals surface area (Å²) in [6.07, 6.45) is 0.911. The first-order chi connectivity index (χ1) is 9.44. The van der Waals surface area contributed by atoms with Crippen molar-refractivity contribution >= 4 is 15.7 Å². The number of halogens is 1. The highest BCUT2D eigenvalue weighted by Gasteiger charge is 2.30. The fourth-order valence-corrected chi connectivity index (χ4v) is 3.86. The van der Waals surface area contributed by atoms with Gasteiger partial charge in [0, 0.05) is 24.4 Å². The Morgan fingerprint density at radius 3 is 2.55 bits per heavy atom. The zero-order chi connectivity index (χ0) is 14.8. The summed E-state index contributed by atoms with van der Waals surface area (Å²) in [4.78, 5) is 13.8. The standard InChI is InChI=1S/C14H18FNO3S/c1-2-20(18,19)13-6-8-16(9-7-13)14(17)11-4-3-5-12(15)10-11/h3-5,10,13H,2,6-9H2,1H3. The normalized spacial score (nSPS) is 17.2. The van der Waals surface area contributed by atoms with Gasteiger partial charge in [-0.25, -0.2) is 12.8 Å². The van der Waals surface area contributed by atoms with Gasteiger partial charge in [-0.1, -0.05) is 13.0 Å². The summed E-state index contributed by atoms with van der Waals surface area (Å²) < 4.78 is 36.7. The van der Waals surface area contributed by atoms with E-state index in [4.69, 9.17) is 0 Å². The molecule has 20 heavy (non-hydrogen) atoms. The second kappa shape index (κ2) is 5.91. The number of hydrogen-bond donors (Lipinski definition) is 0. The average molecular weight is 299 g/mol. The van der Waals surface area contributed by atoms with E-state index < -0.39 is 15.7 Å². The summed E-state index contributed by atoms with van der Waals surface area (Å²) in [6.45, 7) is 2.44. The number of amides is 1. The lowest BCUT2D eigenvalue weighted by atomic mass is 10.1. The molecule has 0 radical (unpaired) electrons. The molecule has 1 aromatic rings. The quantitative estimate of drug-likeness (QED) is 0.856. The van der Waals surface area contributed by atoms with Gasteiger partial charge in [0.15, 0.2) is 9.84 Å². The Morgan fingerprint density at radius 1 is 1.35 bits per heavy atom. The van der Waals surface area contributed by atoms with Gasteiger partial charge >= 0.3 is 0 Å². The van der Waals surface area contributed by atoms with Crippen LogP contribution in [0.4, 0.5) is 4.39 Å². The second-order valence-corrected chi connectivity index (χ2v) is 7.52. The number of hydrogen-bond acceptors (Lipinski definition) is 3. The summed E-state index contributed by atoms with van der Waals surface area (Å²) in [7, 11) is -3.04. The van der Waals surface area contributed by atoms with Crippen LogP contribution in [-0.4, -0.2) is 43.3 Å². The lowest BCUT2D eigenvalue weighted by molar-refractivity contribution is 0.0725. The van der Waals surface area contributed by atoms with Crippen molar-refractivity contribution in [2.24, 2.45) is 0 Å². The van der Waals surface area contributed by atoms with Gasteiger partial charge in [0.1, 0.15) is 5.82 Å². The molecule has 1 heterocycles. The molecular weight excluding hydrogens is 281 g/mol. The molecule has 0 bridgehead atoms. The van der Waals surface area contributed by atoms with Crippen LogP contribution in [0.5, 0.6) is 0 Å². The van der Waals surface area contributed by atoms with Crippen molar-refractivity contribution in [2.75, 3.05) is 18.8 Å². The van der Waals surface area contributed by atoms with Crippen LogP contribution in [0.1, 0.15) is 30.1 Å². The van der Waals surface area contributed by atoms with Gasteiger partial charge in [0.25, 0.3) is 5.91 Å². The highest BCUT2D eigenvalue weighted by atomic mass is 32.2. The van der Waals surface area contributed by atoms with Crippen LogP contribution in [0.3, 0.4) is 0 Å². The Hall–Kier alpha value is -1.43. The van der Waals surface area contributed by atoms with Crippen LogP contribution in [0, 0.1) is 5.82 Å². The smallest absolute Gasteiger partial charge is 0.253 e. The lowest BCUT2D eigenvalue weighted by Gasteiger charge is -2.31. The predicted octanol–water partition coefficient (Wildman–Crippen LogP) is 1.87. The van der Waals surface area contributed by atoms with Gasteiger partial charge in [-0.15, -0.1) is 0 Å². The van der Waals surface area contributed by atoms with Crippen molar-refractivity contribution in [2.45, 2.75) is 25.0 Å². The number of nitrogens with zero attached hydrogens (tertiary/aromatic N) is 1. The second-order valence-electron chi connectivity index (χ2n) is 4.95. The molecule has 1 aliphatic heterocycles. The van der Waals surface area contributed by atoms with Crippen molar-refractivity contribution in [3.05, 3.63) is 35.6 Å². The maximum Gasteiger partial charge on any atom is 0.253 e. The molecular formula is C14H18FNO3S. The Morgan fingerprint density at radius 2 is 2.00 bits per heavy atom. The van der Waals surface area contributed by atoms with Gasteiger partial charge in [-0.3, -0.25) is 4.79 Å². The molecule has 110 valence electrons. The molecule has 1 fully saturated rings. The van der Waals surface area contributed by atoms with Gasteiger partial charge in [0.05, 0.1) is 5.25 Å². The minimum atomic E-state index is -3.04. The minimum absolute atomic E-state index is 0.134. The monoisotopic (exact) mass is 299 g/mol. The van der Waals surface area contributed by atoms with Crippen LogP contribution < -0.4 is 0 Å². The largest absolute Gasteiger partial charge is 0.339 e. The van der Waals surface area contributed by atoms with E-state index in [9.17, 15) is 17.6 Å². The number of sulfone groups is 1. The maximum absolute atomic E-state index is 13.1. The van der Waals surface area contributed by atoms with Crippen molar-refractivity contribution in [1.29, 1.82) is 0 Å². The fourth-order valence-electron chi connectivity index (χ4n) is 2.46. The fraction of sp³-hybridized carbons (Fsp3) is 0.500. The van der Waals surface area contributed by atoms with Gasteiger partial charge in [-0.05, 0) is 31.0 Å². The van der Waals surface area contributed by atoms with Crippen molar-refractivity contribution in [1.82, 2.24) is 4.90 Å². The molecule has 6 heteroatoms. The zero-order valence-corrected chi connectivity index (χ0v) is 12.2. The third-order valence-electron chi connectivity index (χ3n) is 3.71. The summed E-state index contributed by atoms with van der Waals surface area (Å²) in [5.41, 5.74) is 0.307. The number of piperidine rings is 1. The molecule has 0 unspecified atom stereocenters. The Labute approximate surface area is 118 Å². The van der Waals surface area contributed by atoms with Crippen LogP contribution in [-0.2, 0) is 9.84 Å². The highest BCUT2D eigenvalue weighted by molar-refractivity contribution is 7.92. The lowest BCUT2D eigenvalue weighted by Crippen LogP contribution is -2.42. The van der Waals surface area contributed by atoms with E-state index in [1.165, 1.54) is 18.2 Å². The van der Waals surface area contributed by atoms with Crippen molar-refractivity contribution < 1.29 is 17.6 Å². The molecule has 1 saturated heterocycles. The van der Waals surface area contributed by atoms with E-state index in [1.807, 2.05) is 0 Å². The molecule has 2 rings (SSSR count). The topological polar surface area (TPSA) is 54.5 Å². The zero-order valence-electron chi connectivity index (χ0n) is 11.4. The van der Waals surface area contributed by atoms with Crippen LogP contribution >= 0.6 is 0 Å². The maximum atomic E-state index is 13.1. The summed E-state index contributed by atoms with van der Waals surface area (Å²) >= 11 is 0. The van der Waals surface area contributed by atoms with Gasteiger partial charge < -0.3 is 4.90 Å². The van der Waals surface area contributed by atoms with Gasteiger partial charge in [-0.2, -0.15) is 0 Å². The minimum Gasteiger partial charge on any atom is -0.339 e. The number of carbonyl (C=O) groups is 1. The average Bonchev–Trinajstić information content (AvgIpc) is 2.46. The molecule has 0 N–H and O–H groups in total. The number of carbonyl (C=O) groups excluding carboxylic acids is 1. The third-order valence-corrected chi connectivity index (χ3v) is 6.00. The summed E-state index contributed by atoms with van der Waals surface area (Å²) in [5, 5.41) is -0.357. The molecule has 1 amide bonds. The van der Waals surface area contributed by atoms with E-state index in [2.05, 4.69) is 0 Å². The third kappa shape index (κ3) is 3.17. The summed E-state index contributed by atoms with van der Waals surface area (Å²) in [5.74, 6) is -0.550. The van der Waals surface area contributed by atoms with Crippen molar-refractivity contribution in [3.8, 4) is 0 Å². The number of likely N-dealkylation sites (tertiary alicyclic amines) is 1. The molecule has 1 aromatic carbocycles. The molecule has 0 spiro atoms. The SMILES string of the molecule is CCS(=O)(=O)C1CCN(C(=O)c2cccc(F)c2)CC1. The van der Waals surface area contributed by atoms with Gasteiger partial charge in [0.2, 0.25) is 0 Å². The first kappa shape index (κ1) is 15.0. The summed E-state index contributed by atoms with van der Waals surface area (Å²) in [6, 6.07) is 5.56. The molecule has 0 saturated carbocycles. The number of rotatable bonds is 3. The van der Waals surface area contributed by atoms with Crippen molar-refractivity contribution in [3.63, 3.8) is 0 Å². The molecule has 0 atom stereocenters. The van der Waals surface area contributed by atoms with Crippen LogP contribution in [0.15, 0.2) is 24.3 Å². The van der Waals surface area contributed by atoms with E-state index in [1.54, 1.807) is 17.9 Å². The van der Waals surface area contributed by atoms with E-state index in [0.29, 0.717) is 31.5 Å². The number of benzene rings is 1. The Kier molecular flexibility index (Phi) is 4.42. The molecule has 1 aliphatic rings. The molecule has 4 nitrogen and oxygen atoms in total. The predicted molar refractivity (Wildman–Crippen MR) is 74.8 cm³/mol. The highest BCUT2D eigenvalue weighted by Crippen LogP contribution is 2.20. The van der Waals surface area contributed by atoms with Crippen LogP contribution in [0.2, 0.25) is 0 Å². The van der Waals surface area contributed by atoms with E-state index in [0.717, 1.165) is 0 Å². The first-order valence-electron chi connectivity index (χ1n) is 6.70. The Balaban J connectivity index is 2.02. The van der Waals surface area contributed by atoms with Crippen LogP contribution in [0.25, 0.3) is 0 Å². The van der Waals surface area contributed by atoms with E-state index >= 15 is 0 Å². The first-order valence-corrected chi connectivity index (χ1v) is 8.42. The molecule has 0 aliphatic carbocycles.